The van der Waals surface area contributed by atoms with E-state index in [1.54, 1.807) is 18.2 Å². The van der Waals surface area contributed by atoms with Gasteiger partial charge in [0.05, 0.1) is 11.3 Å². The van der Waals surface area contributed by atoms with Gasteiger partial charge in [-0.1, -0.05) is 48.0 Å². The number of hydrogen-bond donors (Lipinski definition) is 2. The van der Waals surface area contributed by atoms with E-state index in [4.69, 9.17) is 16.3 Å². The van der Waals surface area contributed by atoms with Gasteiger partial charge in [0.2, 0.25) is 10.9 Å². The largest absolute Gasteiger partial charge is 0.457 e. The minimum Gasteiger partial charge on any atom is -0.457 e. The molecule has 0 unspecified atom stereocenters. The lowest BCUT2D eigenvalue weighted by Gasteiger charge is -2.17. The third-order valence-corrected chi connectivity index (χ3v) is 5.70. The third-order valence-electron chi connectivity index (χ3n) is 5.47. The van der Waals surface area contributed by atoms with Crippen LogP contribution in [0.4, 0.5) is 5.69 Å². The molecular weight excluding hydrogens is 424 g/mol. The Morgan fingerprint density at radius 1 is 0.906 bits per heavy atom. The highest BCUT2D eigenvalue weighted by Gasteiger charge is 2.25. The highest BCUT2D eigenvalue weighted by Crippen LogP contribution is 2.37. The van der Waals surface area contributed by atoms with Gasteiger partial charge >= 0.3 is 0 Å². The van der Waals surface area contributed by atoms with Gasteiger partial charge in [-0.15, -0.1) is 0 Å². The van der Waals surface area contributed by atoms with Gasteiger partial charge in [0, 0.05) is 40.3 Å². The number of benzene rings is 3. The van der Waals surface area contributed by atoms with Crippen molar-refractivity contribution < 1.29 is 4.74 Å². The van der Waals surface area contributed by atoms with E-state index in [9.17, 15) is 9.59 Å². The van der Waals surface area contributed by atoms with Gasteiger partial charge < -0.3 is 15.0 Å². The lowest BCUT2D eigenvalue weighted by molar-refractivity contribution is 0.484. The molecule has 2 N–H and O–H groups in total. The summed E-state index contributed by atoms with van der Waals surface area (Å²) in [5, 5.41) is 4.79. The van der Waals surface area contributed by atoms with E-state index in [2.05, 4.69) is 16.4 Å². The molecule has 0 amide bonds. The first-order chi connectivity index (χ1) is 15.6. The zero-order chi connectivity index (χ0) is 22.1. The zero-order valence-electron chi connectivity index (χ0n) is 17.0. The molecule has 5 aromatic rings. The second-order valence-electron chi connectivity index (χ2n) is 7.50. The van der Waals surface area contributed by atoms with Crippen LogP contribution in [0, 0.1) is 0 Å². The molecule has 4 aromatic carbocycles. The second kappa shape index (κ2) is 8.36. The monoisotopic (exact) mass is 442 g/mol. The van der Waals surface area contributed by atoms with Gasteiger partial charge in [-0.05, 0) is 42.3 Å². The topological polar surface area (TPSA) is 71.2 Å². The van der Waals surface area contributed by atoms with Gasteiger partial charge in [-0.25, -0.2) is 0 Å². The predicted octanol–water partition coefficient (Wildman–Crippen LogP) is 5.53. The summed E-state index contributed by atoms with van der Waals surface area (Å²) in [5.74, 6) is 1.04. The SMILES string of the molecule is O=c1c(NCCc2c[nH]c3ccccc23)c(-c2ccc(Cl)cc2Oc2ccccc2)c1=O. The molecule has 0 bridgehead atoms. The molecule has 0 spiro atoms. The molecule has 158 valence electrons. The van der Waals surface area contributed by atoms with Crippen molar-refractivity contribution in [1.29, 1.82) is 0 Å². The van der Waals surface area contributed by atoms with Crippen molar-refractivity contribution in [3.05, 3.63) is 110 Å². The van der Waals surface area contributed by atoms with Gasteiger partial charge in [0.1, 0.15) is 11.5 Å². The van der Waals surface area contributed by atoms with Crippen molar-refractivity contribution in [1.82, 2.24) is 4.98 Å². The smallest absolute Gasteiger partial charge is 0.250 e. The first-order valence-electron chi connectivity index (χ1n) is 10.3. The van der Waals surface area contributed by atoms with Crippen LogP contribution in [-0.4, -0.2) is 11.5 Å². The number of aromatic nitrogens is 1. The van der Waals surface area contributed by atoms with Crippen LogP contribution >= 0.6 is 11.6 Å². The number of halogens is 1. The molecule has 0 saturated heterocycles. The lowest BCUT2D eigenvalue weighted by Crippen LogP contribution is -2.36. The Kier molecular flexibility index (Phi) is 5.25. The lowest BCUT2D eigenvalue weighted by atomic mass is 9.97. The van der Waals surface area contributed by atoms with Gasteiger partial charge in [0.25, 0.3) is 0 Å². The molecular formula is C26H19ClN2O3. The average molecular weight is 443 g/mol. The molecule has 5 nitrogen and oxygen atoms in total. The molecule has 32 heavy (non-hydrogen) atoms. The van der Waals surface area contributed by atoms with Crippen LogP contribution < -0.4 is 20.9 Å². The number of nitrogens with one attached hydrogen (secondary N) is 2. The van der Waals surface area contributed by atoms with E-state index in [0.717, 1.165) is 16.5 Å². The Hall–Kier alpha value is -3.83. The molecule has 0 fully saturated rings. The minimum absolute atomic E-state index is 0.315. The fourth-order valence-electron chi connectivity index (χ4n) is 3.88. The van der Waals surface area contributed by atoms with E-state index in [1.807, 2.05) is 54.7 Å². The highest BCUT2D eigenvalue weighted by atomic mass is 35.5. The fourth-order valence-corrected chi connectivity index (χ4v) is 4.04. The quantitative estimate of drug-likeness (QED) is 0.325. The summed E-state index contributed by atoms with van der Waals surface area (Å²) in [6.07, 6.45) is 2.68. The van der Waals surface area contributed by atoms with Crippen LogP contribution in [-0.2, 0) is 6.42 Å². The minimum atomic E-state index is -0.528. The van der Waals surface area contributed by atoms with Crippen LogP contribution in [0.25, 0.3) is 22.0 Å². The predicted molar refractivity (Wildman–Crippen MR) is 129 cm³/mol. The van der Waals surface area contributed by atoms with Gasteiger partial charge in [-0.2, -0.15) is 0 Å². The molecule has 1 aromatic heterocycles. The second-order valence-corrected chi connectivity index (χ2v) is 7.94. The van der Waals surface area contributed by atoms with Crippen molar-refractivity contribution in [2.24, 2.45) is 0 Å². The van der Waals surface area contributed by atoms with Crippen LogP contribution in [0.3, 0.4) is 0 Å². The zero-order valence-corrected chi connectivity index (χ0v) is 17.8. The number of anilines is 1. The summed E-state index contributed by atoms with van der Waals surface area (Å²) < 4.78 is 5.98. The fraction of sp³-hybridized carbons (Fsp3) is 0.0769. The number of aromatic amines is 1. The van der Waals surface area contributed by atoms with Crippen LogP contribution in [0.15, 0.2) is 88.6 Å². The first kappa shape index (κ1) is 20.1. The van der Waals surface area contributed by atoms with E-state index in [0.29, 0.717) is 46.3 Å². The molecule has 0 radical (unpaired) electrons. The molecule has 0 aliphatic carbocycles. The molecule has 0 atom stereocenters. The van der Waals surface area contributed by atoms with Crippen molar-refractivity contribution in [3.63, 3.8) is 0 Å². The number of rotatable bonds is 7. The number of hydrogen-bond acceptors (Lipinski definition) is 4. The standard InChI is InChI=1S/C26H19ClN2O3/c27-17-10-11-20(22(14-17)32-18-6-2-1-3-7-18)23-24(26(31)25(23)30)28-13-12-16-15-29-21-9-5-4-8-19(16)21/h1-11,14-15,28-29H,12-13H2. The number of ether oxygens (including phenoxy) is 1. The maximum atomic E-state index is 12.5. The molecule has 5 rings (SSSR count). The van der Waals surface area contributed by atoms with Crippen molar-refractivity contribution in [3.8, 4) is 22.6 Å². The maximum absolute atomic E-state index is 12.5. The summed E-state index contributed by atoms with van der Waals surface area (Å²) >= 11 is 6.17. The molecule has 0 saturated carbocycles. The van der Waals surface area contributed by atoms with Crippen molar-refractivity contribution in [2.75, 3.05) is 11.9 Å². The summed E-state index contributed by atoms with van der Waals surface area (Å²) in [4.78, 5) is 28.1. The first-order valence-corrected chi connectivity index (χ1v) is 10.6. The Balaban J connectivity index is 1.41. The van der Waals surface area contributed by atoms with E-state index < -0.39 is 10.9 Å². The van der Waals surface area contributed by atoms with E-state index in [1.165, 1.54) is 0 Å². The molecule has 0 aliphatic rings. The highest BCUT2D eigenvalue weighted by molar-refractivity contribution is 6.30. The average Bonchev–Trinajstić information content (AvgIpc) is 3.23. The van der Waals surface area contributed by atoms with Crippen LogP contribution in [0.1, 0.15) is 5.56 Å². The number of fused-ring (bicyclic) bond motifs is 1. The summed E-state index contributed by atoms with van der Waals surface area (Å²) in [5.41, 5.74) is 2.36. The Morgan fingerprint density at radius 3 is 2.53 bits per heavy atom. The Labute approximate surface area is 188 Å². The maximum Gasteiger partial charge on any atom is 0.250 e. The van der Waals surface area contributed by atoms with E-state index in [-0.39, 0.29) is 0 Å². The third kappa shape index (κ3) is 3.67. The normalized spacial score (nSPS) is 11.2. The Morgan fingerprint density at radius 2 is 1.69 bits per heavy atom. The van der Waals surface area contributed by atoms with Gasteiger partial charge in [0.15, 0.2) is 0 Å². The number of H-pyrrole nitrogens is 1. The molecule has 0 aliphatic heterocycles. The van der Waals surface area contributed by atoms with Crippen molar-refractivity contribution in [2.45, 2.75) is 6.42 Å². The molecule has 1 heterocycles. The van der Waals surface area contributed by atoms with Crippen LogP contribution in [0.5, 0.6) is 11.5 Å². The Bertz CT molecular complexity index is 1480. The molecule has 6 heteroatoms. The van der Waals surface area contributed by atoms with Gasteiger partial charge in [-0.3, -0.25) is 9.59 Å². The van der Waals surface area contributed by atoms with Crippen LogP contribution in [0.2, 0.25) is 5.02 Å². The summed E-state index contributed by atoms with van der Waals surface area (Å²) in [6.45, 7) is 0.516. The summed E-state index contributed by atoms with van der Waals surface area (Å²) in [7, 11) is 0. The van der Waals surface area contributed by atoms with E-state index >= 15 is 0 Å². The summed E-state index contributed by atoms with van der Waals surface area (Å²) in [6, 6.07) is 22.3. The number of para-hydroxylation sites is 2. The van der Waals surface area contributed by atoms with Crippen molar-refractivity contribution >= 4 is 28.2 Å².